The minimum absolute atomic E-state index is 0.0275. The molecule has 0 bridgehead atoms. The lowest BCUT2D eigenvalue weighted by molar-refractivity contribution is -0.134. The van der Waals surface area contributed by atoms with Gasteiger partial charge < -0.3 is 18.8 Å². The lowest BCUT2D eigenvalue weighted by atomic mass is 10.1. The Hall–Kier alpha value is -2.81. The molecule has 3 rings (SSSR count). The number of fused-ring (bicyclic) bond motifs is 1. The highest BCUT2D eigenvalue weighted by Gasteiger charge is 2.27. The maximum Gasteiger partial charge on any atom is 0.374 e. The summed E-state index contributed by atoms with van der Waals surface area (Å²) in [5.41, 5.74) is 0.914. The van der Waals surface area contributed by atoms with E-state index in [4.69, 9.17) is 9.15 Å². The zero-order chi connectivity index (χ0) is 20.3. The maximum absolute atomic E-state index is 13.4. The molecule has 0 saturated carbocycles. The van der Waals surface area contributed by atoms with Gasteiger partial charge in [-0.1, -0.05) is 11.8 Å². The predicted octanol–water partition coefficient (Wildman–Crippen LogP) is 3.02. The number of methoxy groups -OCH3 is 1. The lowest BCUT2D eigenvalue weighted by Crippen LogP contribution is -2.27. The van der Waals surface area contributed by atoms with Crippen LogP contribution in [0.15, 0.2) is 33.7 Å². The molecule has 1 aliphatic rings. The first-order valence-electron chi connectivity index (χ1n) is 8.49. The van der Waals surface area contributed by atoms with Crippen LogP contribution in [0.2, 0.25) is 0 Å². The van der Waals surface area contributed by atoms with Crippen LogP contribution in [0, 0.1) is 12.7 Å². The smallest absolute Gasteiger partial charge is 0.374 e. The Kier molecular flexibility index (Phi) is 6.03. The van der Waals surface area contributed by atoms with Crippen molar-refractivity contribution < 1.29 is 32.7 Å². The fraction of sp³-hybridized carbons (Fsp3) is 0.316. The van der Waals surface area contributed by atoms with E-state index in [1.165, 1.54) is 48.0 Å². The normalized spacial score (nSPS) is 15.5. The summed E-state index contributed by atoms with van der Waals surface area (Å²) in [7, 11) is 1.26. The highest BCUT2D eigenvalue weighted by atomic mass is 32.2. The van der Waals surface area contributed by atoms with Gasteiger partial charge in [-0.25, -0.2) is 14.0 Å². The standard InChI is InChI=1S/C19H18FNO6S/c1-11-13-8-12(20)4-5-14(13)27-18(11)19(24)26-7-3-6-21-15(22)10-28-16(21)9-17(23)25-2/h4-5,8-9H,3,6-7,10H2,1-2H3/b16-9+. The monoisotopic (exact) mass is 407 g/mol. The number of ether oxygens (including phenoxy) is 2. The van der Waals surface area contributed by atoms with E-state index in [2.05, 4.69) is 4.74 Å². The van der Waals surface area contributed by atoms with Crippen molar-refractivity contribution in [3.05, 3.63) is 46.4 Å². The molecule has 1 fully saturated rings. The number of aryl methyl sites for hydroxylation is 1. The molecule has 148 valence electrons. The average Bonchev–Trinajstić information content (AvgIpc) is 3.19. The molecule has 1 aliphatic heterocycles. The van der Waals surface area contributed by atoms with E-state index >= 15 is 0 Å². The second kappa shape index (κ2) is 8.47. The fourth-order valence-electron chi connectivity index (χ4n) is 2.77. The molecule has 9 heteroatoms. The molecule has 2 heterocycles. The summed E-state index contributed by atoms with van der Waals surface area (Å²) in [4.78, 5) is 37.0. The number of hydrogen-bond donors (Lipinski definition) is 0. The predicted molar refractivity (Wildman–Crippen MR) is 100 cm³/mol. The maximum atomic E-state index is 13.4. The van der Waals surface area contributed by atoms with E-state index in [-0.39, 0.29) is 24.0 Å². The van der Waals surface area contributed by atoms with Crippen molar-refractivity contribution in [2.24, 2.45) is 0 Å². The Labute approximate surface area is 164 Å². The number of halogens is 1. The third-order valence-electron chi connectivity index (χ3n) is 4.20. The van der Waals surface area contributed by atoms with Crippen LogP contribution in [-0.2, 0) is 19.1 Å². The summed E-state index contributed by atoms with van der Waals surface area (Å²) in [6.07, 6.45) is 1.64. The van der Waals surface area contributed by atoms with Crippen LogP contribution in [-0.4, -0.2) is 48.8 Å². The average molecular weight is 407 g/mol. The van der Waals surface area contributed by atoms with Crippen LogP contribution in [0.5, 0.6) is 0 Å². The van der Waals surface area contributed by atoms with Crippen molar-refractivity contribution in [3.63, 3.8) is 0 Å². The van der Waals surface area contributed by atoms with Crippen molar-refractivity contribution in [1.82, 2.24) is 4.90 Å². The van der Waals surface area contributed by atoms with Crippen molar-refractivity contribution in [3.8, 4) is 0 Å². The van der Waals surface area contributed by atoms with Gasteiger partial charge in [0, 0.05) is 17.5 Å². The first-order chi connectivity index (χ1) is 13.4. The summed E-state index contributed by atoms with van der Waals surface area (Å²) in [6, 6.07) is 4.02. The Morgan fingerprint density at radius 1 is 1.39 bits per heavy atom. The second-order valence-corrected chi connectivity index (χ2v) is 7.02. The van der Waals surface area contributed by atoms with Gasteiger partial charge in [0.15, 0.2) is 0 Å². The van der Waals surface area contributed by atoms with E-state index in [0.717, 1.165) is 0 Å². The van der Waals surface area contributed by atoms with Gasteiger partial charge in [-0.15, -0.1) is 0 Å². The number of amides is 1. The van der Waals surface area contributed by atoms with Gasteiger partial charge in [-0.05, 0) is 31.5 Å². The number of nitrogens with zero attached hydrogens (tertiary/aromatic N) is 1. The first-order valence-corrected chi connectivity index (χ1v) is 9.48. The Morgan fingerprint density at radius 3 is 2.93 bits per heavy atom. The summed E-state index contributed by atoms with van der Waals surface area (Å²) in [6.45, 7) is 2.02. The van der Waals surface area contributed by atoms with Crippen molar-refractivity contribution in [1.29, 1.82) is 0 Å². The summed E-state index contributed by atoms with van der Waals surface area (Å²) >= 11 is 1.25. The molecule has 0 spiro atoms. The van der Waals surface area contributed by atoms with Gasteiger partial charge in [0.25, 0.3) is 0 Å². The number of hydrogen-bond acceptors (Lipinski definition) is 7. The molecule has 0 radical (unpaired) electrons. The fourth-order valence-corrected chi connectivity index (χ4v) is 3.73. The van der Waals surface area contributed by atoms with Crippen molar-refractivity contribution >= 4 is 40.6 Å². The van der Waals surface area contributed by atoms with E-state index in [1.807, 2.05) is 0 Å². The van der Waals surface area contributed by atoms with Gasteiger partial charge in [0.2, 0.25) is 11.7 Å². The van der Waals surface area contributed by atoms with Crippen LogP contribution >= 0.6 is 11.8 Å². The van der Waals surface area contributed by atoms with Crippen LogP contribution in [0.4, 0.5) is 4.39 Å². The molecule has 1 aromatic carbocycles. The van der Waals surface area contributed by atoms with Gasteiger partial charge >= 0.3 is 11.9 Å². The van der Waals surface area contributed by atoms with Gasteiger partial charge in [0.1, 0.15) is 11.4 Å². The second-order valence-electron chi connectivity index (χ2n) is 6.03. The molecule has 1 aromatic heterocycles. The number of furan rings is 1. The third kappa shape index (κ3) is 4.19. The summed E-state index contributed by atoms with van der Waals surface area (Å²) in [5, 5.41) is 1.03. The zero-order valence-electron chi connectivity index (χ0n) is 15.3. The number of benzene rings is 1. The summed E-state index contributed by atoms with van der Waals surface area (Å²) in [5.74, 6) is -1.45. The molecular weight excluding hydrogens is 389 g/mol. The lowest BCUT2D eigenvalue weighted by Gasteiger charge is -2.16. The van der Waals surface area contributed by atoms with E-state index in [0.29, 0.717) is 34.5 Å². The van der Waals surface area contributed by atoms with E-state index in [1.54, 1.807) is 6.92 Å². The summed E-state index contributed by atoms with van der Waals surface area (Å²) < 4.78 is 28.6. The van der Waals surface area contributed by atoms with Crippen LogP contribution in [0.25, 0.3) is 11.0 Å². The molecule has 0 atom stereocenters. The van der Waals surface area contributed by atoms with Gasteiger partial charge in [-0.3, -0.25) is 4.79 Å². The van der Waals surface area contributed by atoms with Crippen molar-refractivity contribution in [2.45, 2.75) is 13.3 Å². The third-order valence-corrected chi connectivity index (χ3v) is 5.22. The molecule has 28 heavy (non-hydrogen) atoms. The Balaban J connectivity index is 1.57. The molecule has 1 saturated heterocycles. The molecule has 2 aromatic rings. The van der Waals surface area contributed by atoms with Crippen LogP contribution < -0.4 is 0 Å². The highest BCUT2D eigenvalue weighted by molar-refractivity contribution is 8.04. The SMILES string of the molecule is COC(=O)/C=C1/SCC(=O)N1CCCOC(=O)c1oc2ccc(F)cc2c1C. The Morgan fingerprint density at radius 2 is 2.18 bits per heavy atom. The molecule has 0 aliphatic carbocycles. The minimum Gasteiger partial charge on any atom is -0.466 e. The quantitative estimate of drug-likeness (QED) is 0.413. The number of esters is 2. The molecule has 7 nitrogen and oxygen atoms in total. The van der Waals surface area contributed by atoms with Gasteiger partial charge in [0.05, 0.1) is 30.6 Å². The number of carbonyl (C=O) groups is 3. The van der Waals surface area contributed by atoms with Crippen LogP contribution in [0.3, 0.4) is 0 Å². The molecule has 0 unspecified atom stereocenters. The van der Waals surface area contributed by atoms with Gasteiger partial charge in [-0.2, -0.15) is 0 Å². The number of thioether (sulfide) groups is 1. The van der Waals surface area contributed by atoms with E-state index in [9.17, 15) is 18.8 Å². The minimum atomic E-state index is -0.651. The van der Waals surface area contributed by atoms with Crippen molar-refractivity contribution in [2.75, 3.05) is 26.0 Å². The Bertz CT molecular complexity index is 967. The number of carbonyl (C=O) groups excluding carboxylic acids is 3. The molecular formula is C19H18FNO6S. The topological polar surface area (TPSA) is 86.0 Å². The van der Waals surface area contributed by atoms with E-state index < -0.39 is 17.8 Å². The molecule has 1 amide bonds. The highest BCUT2D eigenvalue weighted by Crippen LogP contribution is 2.29. The zero-order valence-corrected chi connectivity index (χ0v) is 16.1. The number of rotatable bonds is 6. The largest absolute Gasteiger partial charge is 0.466 e. The first kappa shape index (κ1) is 19.9. The van der Waals surface area contributed by atoms with Crippen LogP contribution in [0.1, 0.15) is 22.5 Å². The molecule has 0 N–H and O–H groups in total.